The van der Waals surface area contributed by atoms with Crippen molar-refractivity contribution < 1.29 is 18.3 Å². The molecular formula is C16H12F2N2O2. The Morgan fingerprint density at radius 2 is 2.00 bits per heavy atom. The van der Waals surface area contributed by atoms with E-state index < -0.39 is 23.6 Å². The molecule has 0 spiro atoms. The number of amides is 1. The predicted molar refractivity (Wildman–Crippen MR) is 76.2 cm³/mol. The van der Waals surface area contributed by atoms with Gasteiger partial charge in [-0.25, -0.2) is 8.78 Å². The van der Waals surface area contributed by atoms with E-state index in [-0.39, 0.29) is 5.69 Å². The first kappa shape index (κ1) is 15.4. The molecule has 1 atom stereocenters. The van der Waals surface area contributed by atoms with Crippen LogP contribution in [-0.2, 0) is 4.79 Å². The number of nitrogens with zero attached hydrogens (tertiary/aromatic N) is 1. The fraction of sp³-hybridized carbons (Fsp3) is 0.125. The number of nitrogens with one attached hydrogen (secondary N) is 1. The molecule has 0 heterocycles. The third kappa shape index (κ3) is 3.79. The SMILES string of the molecule is CC(Oc1cccc(C#N)c1)C(=O)Nc1ccc(F)c(F)c1. The molecule has 112 valence electrons. The third-order valence-electron chi connectivity index (χ3n) is 2.83. The van der Waals surface area contributed by atoms with E-state index in [1.807, 2.05) is 6.07 Å². The van der Waals surface area contributed by atoms with Crippen LogP contribution >= 0.6 is 0 Å². The average Bonchev–Trinajstić information content (AvgIpc) is 2.51. The Bertz CT molecular complexity index is 741. The highest BCUT2D eigenvalue weighted by molar-refractivity contribution is 5.94. The van der Waals surface area contributed by atoms with Gasteiger partial charge in [-0.1, -0.05) is 6.07 Å². The highest BCUT2D eigenvalue weighted by atomic mass is 19.2. The van der Waals surface area contributed by atoms with Crippen LogP contribution in [-0.4, -0.2) is 12.0 Å². The van der Waals surface area contributed by atoms with Crippen LogP contribution in [0, 0.1) is 23.0 Å². The van der Waals surface area contributed by atoms with Gasteiger partial charge in [-0.05, 0) is 37.3 Å². The molecule has 22 heavy (non-hydrogen) atoms. The van der Waals surface area contributed by atoms with Crippen molar-refractivity contribution in [2.75, 3.05) is 5.32 Å². The van der Waals surface area contributed by atoms with Crippen LogP contribution < -0.4 is 10.1 Å². The lowest BCUT2D eigenvalue weighted by molar-refractivity contribution is -0.122. The number of carbonyl (C=O) groups is 1. The van der Waals surface area contributed by atoms with Crippen molar-refractivity contribution in [3.8, 4) is 11.8 Å². The summed E-state index contributed by atoms with van der Waals surface area (Å²) in [6.45, 7) is 1.51. The summed E-state index contributed by atoms with van der Waals surface area (Å²) in [7, 11) is 0. The number of anilines is 1. The summed E-state index contributed by atoms with van der Waals surface area (Å²) >= 11 is 0. The van der Waals surface area contributed by atoms with E-state index in [0.717, 1.165) is 12.1 Å². The number of carbonyl (C=O) groups excluding carboxylic acids is 1. The summed E-state index contributed by atoms with van der Waals surface area (Å²) in [6.07, 6.45) is -0.873. The highest BCUT2D eigenvalue weighted by Crippen LogP contribution is 2.16. The van der Waals surface area contributed by atoms with E-state index in [4.69, 9.17) is 10.00 Å². The van der Waals surface area contributed by atoms with Crippen molar-refractivity contribution in [2.45, 2.75) is 13.0 Å². The van der Waals surface area contributed by atoms with Gasteiger partial charge in [0, 0.05) is 11.8 Å². The van der Waals surface area contributed by atoms with E-state index >= 15 is 0 Å². The quantitative estimate of drug-likeness (QED) is 0.943. The Kier molecular flexibility index (Phi) is 4.69. The topological polar surface area (TPSA) is 62.1 Å². The molecule has 1 N–H and O–H groups in total. The normalized spacial score (nSPS) is 11.4. The van der Waals surface area contributed by atoms with Crippen LogP contribution in [0.15, 0.2) is 42.5 Å². The van der Waals surface area contributed by atoms with Gasteiger partial charge in [0.1, 0.15) is 5.75 Å². The van der Waals surface area contributed by atoms with Crippen molar-refractivity contribution in [2.24, 2.45) is 0 Å². The number of hydrogen-bond acceptors (Lipinski definition) is 3. The number of benzene rings is 2. The minimum absolute atomic E-state index is 0.130. The van der Waals surface area contributed by atoms with Gasteiger partial charge in [0.15, 0.2) is 17.7 Å². The van der Waals surface area contributed by atoms with E-state index in [1.165, 1.54) is 19.1 Å². The molecule has 4 nitrogen and oxygen atoms in total. The van der Waals surface area contributed by atoms with Crippen LogP contribution in [0.4, 0.5) is 14.5 Å². The lowest BCUT2D eigenvalue weighted by Crippen LogP contribution is -2.30. The van der Waals surface area contributed by atoms with Crippen LogP contribution in [0.25, 0.3) is 0 Å². The van der Waals surface area contributed by atoms with Crippen molar-refractivity contribution >= 4 is 11.6 Å². The lowest BCUT2D eigenvalue weighted by Gasteiger charge is -2.15. The van der Waals surface area contributed by atoms with Crippen LogP contribution in [0.5, 0.6) is 5.75 Å². The molecule has 2 rings (SSSR count). The number of ether oxygens (including phenoxy) is 1. The Balaban J connectivity index is 2.02. The zero-order valence-corrected chi connectivity index (χ0v) is 11.6. The maximum absolute atomic E-state index is 13.1. The molecule has 0 bridgehead atoms. The first-order chi connectivity index (χ1) is 10.5. The van der Waals surface area contributed by atoms with E-state index in [0.29, 0.717) is 11.3 Å². The number of rotatable bonds is 4. The molecule has 2 aromatic carbocycles. The standard InChI is InChI=1S/C16H12F2N2O2/c1-10(22-13-4-2-3-11(7-13)9-19)16(21)20-12-5-6-14(17)15(18)8-12/h2-8,10H,1H3,(H,20,21). The third-order valence-corrected chi connectivity index (χ3v) is 2.83. The molecule has 0 radical (unpaired) electrons. The number of halogens is 2. The van der Waals surface area contributed by atoms with Gasteiger partial charge < -0.3 is 10.1 Å². The van der Waals surface area contributed by atoms with Gasteiger partial charge >= 0.3 is 0 Å². The van der Waals surface area contributed by atoms with Crippen molar-refractivity contribution in [1.29, 1.82) is 5.26 Å². The second-order valence-electron chi connectivity index (χ2n) is 4.52. The molecule has 1 amide bonds. The van der Waals surface area contributed by atoms with Crippen LogP contribution in [0.2, 0.25) is 0 Å². The summed E-state index contributed by atoms with van der Waals surface area (Å²) in [5, 5.41) is 11.2. The van der Waals surface area contributed by atoms with Crippen molar-refractivity contribution in [3.05, 3.63) is 59.7 Å². The molecule has 0 aliphatic rings. The summed E-state index contributed by atoms with van der Waals surface area (Å²) in [5.41, 5.74) is 0.538. The Labute approximate surface area is 125 Å². The summed E-state index contributed by atoms with van der Waals surface area (Å²) in [6, 6.07) is 11.4. The average molecular weight is 302 g/mol. The zero-order chi connectivity index (χ0) is 16.1. The van der Waals surface area contributed by atoms with Crippen LogP contribution in [0.3, 0.4) is 0 Å². The largest absolute Gasteiger partial charge is 0.481 e. The van der Waals surface area contributed by atoms with Gasteiger partial charge in [0.05, 0.1) is 11.6 Å². The van der Waals surface area contributed by atoms with Gasteiger partial charge in [-0.3, -0.25) is 4.79 Å². The highest BCUT2D eigenvalue weighted by Gasteiger charge is 2.16. The van der Waals surface area contributed by atoms with E-state index in [2.05, 4.69) is 5.32 Å². The molecule has 0 saturated heterocycles. The Hall–Kier alpha value is -2.94. The second kappa shape index (κ2) is 6.68. The molecule has 1 unspecified atom stereocenters. The van der Waals surface area contributed by atoms with E-state index in [1.54, 1.807) is 18.2 Å². The molecule has 0 aliphatic carbocycles. The minimum atomic E-state index is -1.05. The second-order valence-corrected chi connectivity index (χ2v) is 4.52. The summed E-state index contributed by atoms with van der Waals surface area (Å²) in [5.74, 6) is -2.19. The Morgan fingerprint density at radius 3 is 2.68 bits per heavy atom. The molecule has 6 heteroatoms. The molecule has 0 saturated carbocycles. The first-order valence-electron chi connectivity index (χ1n) is 6.42. The van der Waals surface area contributed by atoms with Crippen molar-refractivity contribution in [1.82, 2.24) is 0 Å². The Morgan fingerprint density at radius 1 is 1.23 bits per heavy atom. The van der Waals surface area contributed by atoms with Crippen molar-refractivity contribution in [3.63, 3.8) is 0 Å². The first-order valence-corrected chi connectivity index (χ1v) is 6.42. The molecule has 0 aliphatic heterocycles. The monoisotopic (exact) mass is 302 g/mol. The fourth-order valence-corrected chi connectivity index (χ4v) is 1.71. The molecule has 2 aromatic rings. The molecular weight excluding hydrogens is 290 g/mol. The number of nitriles is 1. The fourth-order valence-electron chi connectivity index (χ4n) is 1.71. The maximum atomic E-state index is 13.1. The predicted octanol–water partition coefficient (Wildman–Crippen LogP) is 3.24. The lowest BCUT2D eigenvalue weighted by atomic mass is 10.2. The van der Waals surface area contributed by atoms with Gasteiger partial charge in [0.2, 0.25) is 0 Å². The maximum Gasteiger partial charge on any atom is 0.265 e. The zero-order valence-electron chi connectivity index (χ0n) is 11.6. The summed E-state index contributed by atoms with van der Waals surface area (Å²) < 4.78 is 31.3. The van der Waals surface area contributed by atoms with Gasteiger partial charge in [-0.2, -0.15) is 5.26 Å². The van der Waals surface area contributed by atoms with Crippen LogP contribution in [0.1, 0.15) is 12.5 Å². The van der Waals surface area contributed by atoms with Gasteiger partial charge in [0.25, 0.3) is 5.91 Å². The smallest absolute Gasteiger partial charge is 0.265 e. The minimum Gasteiger partial charge on any atom is -0.481 e. The number of hydrogen-bond donors (Lipinski definition) is 1. The van der Waals surface area contributed by atoms with Gasteiger partial charge in [-0.15, -0.1) is 0 Å². The molecule has 0 aromatic heterocycles. The van der Waals surface area contributed by atoms with E-state index in [9.17, 15) is 13.6 Å². The molecule has 0 fully saturated rings. The summed E-state index contributed by atoms with van der Waals surface area (Å²) in [4.78, 5) is 12.0.